The van der Waals surface area contributed by atoms with Gasteiger partial charge in [0.25, 0.3) is 0 Å². The highest BCUT2D eigenvalue weighted by molar-refractivity contribution is 5.94. The lowest BCUT2D eigenvalue weighted by molar-refractivity contribution is -0.142. The molecule has 0 aliphatic rings. The van der Waals surface area contributed by atoms with Crippen LogP contribution in [0.1, 0.15) is 45.7 Å². The number of nitrogens with two attached hydrogens (primary N) is 2. The first kappa shape index (κ1) is 29.5. The number of hydrogen-bond acceptors (Lipinski definition) is 8. The molecule has 4 amide bonds. The molecule has 6 unspecified atom stereocenters. The Kier molecular flexibility index (Phi) is 11.8. The smallest absolute Gasteiger partial charge is 0.326 e. The van der Waals surface area contributed by atoms with Crippen LogP contribution in [-0.4, -0.2) is 80.1 Å². The molecule has 0 spiro atoms. The molecule has 196 valence electrons. The van der Waals surface area contributed by atoms with Crippen LogP contribution in [0, 0.1) is 5.92 Å². The van der Waals surface area contributed by atoms with E-state index in [-0.39, 0.29) is 25.2 Å². The fourth-order valence-corrected chi connectivity index (χ4v) is 3.07. The standard InChI is InChI=1S/C21H35N7O7/c1-4-10(2)16(23)19(32)28-17(11(3)29)20(33)26-13(5-6-15(22)30)18(31)27-14(21(34)35)7-12-8-24-9-25-12/h8-11,13-14,16-17,29H,4-7,23H2,1-3H3,(H2,22,30)(H,24,25)(H,26,33)(H,27,31)(H,28,32)(H,34,35). The molecule has 1 heterocycles. The zero-order chi connectivity index (χ0) is 26.7. The largest absolute Gasteiger partial charge is 0.480 e. The van der Waals surface area contributed by atoms with Gasteiger partial charge in [-0.05, 0) is 19.3 Å². The number of aliphatic carboxylic acids is 1. The molecule has 14 nitrogen and oxygen atoms in total. The van der Waals surface area contributed by atoms with E-state index in [4.69, 9.17) is 11.5 Å². The van der Waals surface area contributed by atoms with Gasteiger partial charge in [-0.15, -0.1) is 0 Å². The second kappa shape index (κ2) is 14.0. The molecule has 0 bridgehead atoms. The van der Waals surface area contributed by atoms with E-state index >= 15 is 0 Å². The van der Waals surface area contributed by atoms with Gasteiger partial charge in [-0.25, -0.2) is 9.78 Å². The molecule has 0 aliphatic carbocycles. The van der Waals surface area contributed by atoms with Gasteiger partial charge in [-0.3, -0.25) is 19.2 Å². The number of nitrogens with one attached hydrogen (secondary N) is 4. The second-order valence-corrected chi connectivity index (χ2v) is 8.38. The van der Waals surface area contributed by atoms with Crippen LogP contribution in [0.25, 0.3) is 0 Å². The number of aromatic amines is 1. The number of carboxylic acid groups (broad SMARTS) is 1. The molecule has 14 heteroatoms. The average molecular weight is 498 g/mol. The van der Waals surface area contributed by atoms with Crippen LogP contribution in [-0.2, 0) is 30.4 Å². The van der Waals surface area contributed by atoms with E-state index in [1.807, 2.05) is 6.92 Å². The fourth-order valence-electron chi connectivity index (χ4n) is 3.07. The summed E-state index contributed by atoms with van der Waals surface area (Å²) in [4.78, 5) is 67.6. The van der Waals surface area contributed by atoms with Crippen molar-refractivity contribution in [2.45, 2.75) is 76.7 Å². The van der Waals surface area contributed by atoms with E-state index in [0.29, 0.717) is 12.1 Å². The van der Waals surface area contributed by atoms with Crippen molar-refractivity contribution >= 4 is 29.6 Å². The van der Waals surface area contributed by atoms with Gasteiger partial charge in [0, 0.05) is 24.7 Å². The quantitative estimate of drug-likeness (QED) is 0.128. The molecular formula is C21H35N7O7. The maximum atomic E-state index is 12.9. The molecule has 0 radical (unpaired) electrons. The maximum Gasteiger partial charge on any atom is 0.326 e. The van der Waals surface area contributed by atoms with Crippen LogP contribution < -0.4 is 27.4 Å². The van der Waals surface area contributed by atoms with Crippen molar-refractivity contribution in [3.05, 3.63) is 18.2 Å². The first-order valence-electron chi connectivity index (χ1n) is 11.2. The van der Waals surface area contributed by atoms with Gasteiger partial charge in [0.05, 0.1) is 18.5 Å². The van der Waals surface area contributed by atoms with E-state index in [9.17, 15) is 34.2 Å². The van der Waals surface area contributed by atoms with Crippen molar-refractivity contribution in [2.75, 3.05) is 0 Å². The summed E-state index contributed by atoms with van der Waals surface area (Å²) in [5.41, 5.74) is 11.5. The summed E-state index contributed by atoms with van der Waals surface area (Å²) < 4.78 is 0. The number of aliphatic hydroxyl groups excluding tert-OH is 1. The number of aromatic nitrogens is 2. The summed E-state index contributed by atoms with van der Waals surface area (Å²) in [7, 11) is 0. The molecule has 1 aromatic rings. The van der Waals surface area contributed by atoms with E-state index < -0.39 is 59.9 Å². The molecule has 0 aliphatic heterocycles. The highest BCUT2D eigenvalue weighted by atomic mass is 16.4. The van der Waals surface area contributed by atoms with Gasteiger partial charge in [-0.1, -0.05) is 20.3 Å². The minimum atomic E-state index is -1.46. The first-order chi connectivity index (χ1) is 16.4. The number of H-pyrrole nitrogens is 1. The molecule has 0 fully saturated rings. The number of carbonyl (C=O) groups excluding carboxylic acids is 4. The molecular weight excluding hydrogens is 462 g/mol. The van der Waals surface area contributed by atoms with Crippen LogP contribution in [0.2, 0.25) is 0 Å². The highest BCUT2D eigenvalue weighted by Gasteiger charge is 2.33. The van der Waals surface area contributed by atoms with Crippen LogP contribution in [0.4, 0.5) is 0 Å². The Balaban J connectivity index is 2.99. The molecule has 35 heavy (non-hydrogen) atoms. The lowest BCUT2D eigenvalue weighted by Gasteiger charge is -2.27. The molecule has 10 N–H and O–H groups in total. The van der Waals surface area contributed by atoms with Gasteiger partial charge in [0.2, 0.25) is 23.6 Å². The molecule has 0 saturated heterocycles. The Morgan fingerprint density at radius 3 is 2.17 bits per heavy atom. The van der Waals surface area contributed by atoms with E-state index in [1.54, 1.807) is 6.92 Å². The monoisotopic (exact) mass is 497 g/mol. The summed E-state index contributed by atoms with van der Waals surface area (Å²) in [6, 6.07) is -5.12. The highest BCUT2D eigenvalue weighted by Crippen LogP contribution is 2.07. The van der Waals surface area contributed by atoms with Crippen molar-refractivity contribution in [1.29, 1.82) is 0 Å². The number of rotatable bonds is 15. The van der Waals surface area contributed by atoms with Gasteiger partial charge in [-0.2, -0.15) is 0 Å². The summed E-state index contributed by atoms with van der Waals surface area (Å²) in [6.45, 7) is 4.87. The first-order valence-corrected chi connectivity index (χ1v) is 11.2. The Labute approximate surface area is 202 Å². The summed E-state index contributed by atoms with van der Waals surface area (Å²) in [5, 5.41) is 26.6. The van der Waals surface area contributed by atoms with E-state index in [0.717, 1.165) is 0 Å². The number of nitrogens with zero attached hydrogens (tertiary/aromatic N) is 1. The third-order valence-corrected chi connectivity index (χ3v) is 5.53. The minimum absolute atomic E-state index is 0.114. The second-order valence-electron chi connectivity index (χ2n) is 8.38. The maximum absolute atomic E-state index is 12.9. The predicted molar refractivity (Wildman–Crippen MR) is 123 cm³/mol. The van der Waals surface area contributed by atoms with Gasteiger partial charge in [0.15, 0.2) is 0 Å². The number of primary amides is 1. The molecule has 0 saturated carbocycles. The topological polar surface area (TPSA) is 243 Å². The van der Waals surface area contributed by atoms with Gasteiger partial charge >= 0.3 is 5.97 Å². The Bertz CT molecular complexity index is 875. The van der Waals surface area contributed by atoms with Crippen LogP contribution in [0.15, 0.2) is 12.5 Å². The van der Waals surface area contributed by atoms with Crippen molar-refractivity contribution in [1.82, 2.24) is 25.9 Å². The summed E-state index contributed by atoms with van der Waals surface area (Å²) >= 11 is 0. The molecule has 0 aromatic carbocycles. The van der Waals surface area contributed by atoms with Crippen LogP contribution in [0.5, 0.6) is 0 Å². The van der Waals surface area contributed by atoms with Crippen molar-refractivity contribution in [3.8, 4) is 0 Å². The Morgan fingerprint density at radius 1 is 1.06 bits per heavy atom. The lowest BCUT2D eigenvalue weighted by atomic mass is 9.98. The number of amides is 4. The van der Waals surface area contributed by atoms with Crippen molar-refractivity contribution in [3.63, 3.8) is 0 Å². The zero-order valence-electron chi connectivity index (χ0n) is 20.0. The van der Waals surface area contributed by atoms with Gasteiger partial charge < -0.3 is 42.6 Å². The third-order valence-electron chi connectivity index (χ3n) is 5.53. The normalized spacial score (nSPS) is 16.1. The summed E-state index contributed by atoms with van der Waals surface area (Å²) in [5.74, 6) is -4.74. The molecule has 1 rings (SSSR count). The average Bonchev–Trinajstić information content (AvgIpc) is 3.30. The van der Waals surface area contributed by atoms with Crippen molar-refractivity contribution < 1.29 is 34.2 Å². The number of carboxylic acids is 1. The summed E-state index contributed by atoms with van der Waals surface area (Å²) in [6.07, 6.45) is 1.36. The number of aliphatic hydroxyl groups is 1. The Hall–Kier alpha value is -3.52. The number of carbonyl (C=O) groups is 5. The SMILES string of the molecule is CCC(C)C(N)C(=O)NC(C(=O)NC(CCC(N)=O)C(=O)NC(Cc1cnc[nH]1)C(=O)O)C(C)O. The molecule has 1 aromatic heterocycles. The number of imidazole rings is 1. The lowest BCUT2D eigenvalue weighted by Crippen LogP contribution is -2.60. The van der Waals surface area contributed by atoms with Crippen LogP contribution >= 0.6 is 0 Å². The molecule has 6 atom stereocenters. The minimum Gasteiger partial charge on any atom is -0.480 e. The van der Waals surface area contributed by atoms with Crippen LogP contribution in [0.3, 0.4) is 0 Å². The third kappa shape index (κ3) is 9.70. The Morgan fingerprint density at radius 2 is 1.69 bits per heavy atom. The fraction of sp³-hybridized carbons (Fsp3) is 0.619. The van der Waals surface area contributed by atoms with E-state index in [1.165, 1.54) is 19.4 Å². The van der Waals surface area contributed by atoms with Crippen molar-refractivity contribution in [2.24, 2.45) is 17.4 Å². The van der Waals surface area contributed by atoms with E-state index in [2.05, 4.69) is 25.9 Å². The zero-order valence-corrected chi connectivity index (χ0v) is 20.0. The predicted octanol–water partition coefficient (Wildman–Crippen LogP) is -2.49. The number of hydrogen-bond donors (Lipinski definition) is 8. The van der Waals surface area contributed by atoms with Gasteiger partial charge in [0.1, 0.15) is 18.1 Å².